The molecule has 0 radical (unpaired) electrons. The number of benzene rings is 2. The number of piperidine rings is 1. The zero-order chi connectivity index (χ0) is 23.4. The van der Waals surface area contributed by atoms with Crippen molar-refractivity contribution in [2.24, 2.45) is 0 Å². The van der Waals surface area contributed by atoms with E-state index in [1.807, 2.05) is 65.6 Å². The van der Waals surface area contributed by atoms with Crippen molar-refractivity contribution >= 4 is 11.6 Å². The van der Waals surface area contributed by atoms with Gasteiger partial charge in [0.25, 0.3) is 5.91 Å². The third kappa shape index (κ3) is 5.07. The summed E-state index contributed by atoms with van der Waals surface area (Å²) in [5.41, 5.74) is 3.79. The fourth-order valence-electron chi connectivity index (χ4n) is 4.86. The molecule has 1 spiro atoms. The summed E-state index contributed by atoms with van der Waals surface area (Å²) in [6.45, 7) is 4.75. The largest absolute Gasteiger partial charge is 0.488 e. The predicted molar refractivity (Wildman–Crippen MR) is 132 cm³/mol. The van der Waals surface area contributed by atoms with Gasteiger partial charge in [0.2, 0.25) is 0 Å². The number of para-hydroxylation sites is 1. The number of nitrogens with one attached hydrogen (secondary N) is 1. The molecule has 6 nitrogen and oxygen atoms in total. The van der Waals surface area contributed by atoms with Crippen molar-refractivity contribution < 1.29 is 14.3 Å². The van der Waals surface area contributed by atoms with Gasteiger partial charge in [-0.2, -0.15) is 0 Å². The predicted octanol–water partition coefficient (Wildman–Crippen LogP) is 4.84. The molecule has 176 valence electrons. The number of pyridine rings is 1. The van der Waals surface area contributed by atoms with Crippen LogP contribution in [0.5, 0.6) is 5.75 Å². The number of nitrogens with zero attached hydrogens (tertiary/aromatic N) is 2. The van der Waals surface area contributed by atoms with Crippen LogP contribution in [0.15, 0.2) is 73.1 Å². The lowest BCUT2D eigenvalue weighted by molar-refractivity contribution is -0.0395. The first-order valence-corrected chi connectivity index (χ1v) is 12.0. The normalized spacial score (nSPS) is 19.2. The van der Waals surface area contributed by atoms with E-state index in [2.05, 4.69) is 17.2 Å². The minimum atomic E-state index is -0.180. The highest BCUT2D eigenvalue weighted by Gasteiger charge is 2.44. The molecule has 5 rings (SSSR count). The van der Waals surface area contributed by atoms with Crippen LogP contribution in [0.4, 0.5) is 5.69 Å². The molecule has 2 aromatic carbocycles. The summed E-state index contributed by atoms with van der Waals surface area (Å²) in [5, 5.41) is 3.46. The van der Waals surface area contributed by atoms with Crippen LogP contribution in [-0.4, -0.2) is 47.2 Å². The van der Waals surface area contributed by atoms with Crippen molar-refractivity contribution in [2.45, 2.75) is 44.4 Å². The SMILES string of the molecule is Cc1ccc(C(=O)N2CCC3(CC2)C[C@@H](Oc2ccccc2)CO3)cc1NCc1ccncc1. The quantitative estimate of drug-likeness (QED) is 0.574. The lowest BCUT2D eigenvalue weighted by Crippen LogP contribution is -2.46. The molecule has 0 saturated carbocycles. The molecule has 0 aliphatic carbocycles. The van der Waals surface area contributed by atoms with Gasteiger partial charge in [-0.15, -0.1) is 0 Å². The topological polar surface area (TPSA) is 63.7 Å². The smallest absolute Gasteiger partial charge is 0.253 e. The number of amides is 1. The van der Waals surface area contributed by atoms with Crippen LogP contribution in [0.3, 0.4) is 0 Å². The highest BCUT2D eigenvalue weighted by molar-refractivity contribution is 5.95. The van der Waals surface area contributed by atoms with Crippen LogP contribution >= 0.6 is 0 Å². The first-order chi connectivity index (χ1) is 16.6. The number of hydrogen-bond donors (Lipinski definition) is 1. The molecule has 3 aromatic rings. The summed E-state index contributed by atoms with van der Waals surface area (Å²) in [5.74, 6) is 0.963. The second-order valence-electron chi connectivity index (χ2n) is 9.28. The Labute approximate surface area is 200 Å². The van der Waals surface area contributed by atoms with Gasteiger partial charge >= 0.3 is 0 Å². The third-order valence-electron chi connectivity index (χ3n) is 6.90. The van der Waals surface area contributed by atoms with Crippen molar-refractivity contribution in [3.63, 3.8) is 0 Å². The van der Waals surface area contributed by atoms with Gasteiger partial charge in [0.15, 0.2) is 0 Å². The van der Waals surface area contributed by atoms with E-state index in [4.69, 9.17) is 9.47 Å². The van der Waals surface area contributed by atoms with E-state index < -0.39 is 0 Å². The fraction of sp³-hybridized carbons (Fsp3) is 0.357. The average molecular weight is 458 g/mol. The Morgan fingerprint density at radius 1 is 1.12 bits per heavy atom. The zero-order valence-electron chi connectivity index (χ0n) is 19.6. The summed E-state index contributed by atoms with van der Waals surface area (Å²) in [7, 11) is 0. The summed E-state index contributed by atoms with van der Waals surface area (Å²) in [6, 6.07) is 19.8. The van der Waals surface area contributed by atoms with Gasteiger partial charge in [-0.05, 0) is 67.3 Å². The van der Waals surface area contributed by atoms with Crippen molar-refractivity contribution in [3.8, 4) is 5.75 Å². The second kappa shape index (κ2) is 9.85. The molecule has 1 N–H and O–H groups in total. The highest BCUT2D eigenvalue weighted by Crippen LogP contribution is 2.37. The van der Waals surface area contributed by atoms with E-state index in [1.165, 1.54) is 0 Å². The number of carbonyl (C=O) groups excluding carboxylic acids is 1. The number of likely N-dealkylation sites (tertiary alicyclic amines) is 1. The lowest BCUT2D eigenvalue weighted by Gasteiger charge is -2.38. The molecule has 2 saturated heterocycles. The van der Waals surface area contributed by atoms with Crippen LogP contribution in [0.25, 0.3) is 0 Å². The van der Waals surface area contributed by atoms with E-state index >= 15 is 0 Å². The van der Waals surface area contributed by atoms with Crippen molar-refractivity contribution in [1.29, 1.82) is 0 Å². The summed E-state index contributed by atoms with van der Waals surface area (Å²) in [6.07, 6.45) is 6.19. The Bertz CT molecular complexity index is 1110. The van der Waals surface area contributed by atoms with Crippen LogP contribution in [-0.2, 0) is 11.3 Å². The van der Waals surface area contributed by atoms with Crippen molar-refractivity contribution in [2.75, 3.05) is 25.0 Å². The first-order valence-electron chi connectivity index (χ1n) is 12.0. The van der Waals surface area contributed by atoms with Gasteiger partial charge in [0, 0.05) is 49.7 Å². The van der Waals surface area contributed by atoms with E-state index in [9.17, 15) is 4.79 Å². The number of hydrogen-bond acceptors (Lipinski definition) is 5. The Balaban J connectivity index is 1.17. The molecule has 1 atom stereocenters. The highest BCUT2D eigenvalue weighted by atomic mass is 16.6. The number of aryl methyl sites for hydroxylation is 1. The first kappa shape index (κ1) is 22.4. The maximum atomic E-state index is 13.3. The number of aromatic nitrogens is 1. The zero-order valence-corrected chi connectivity index (χ0v) is 19.6. The Morgan fingerprint density at radius 2 is 1.88 bits per heavy atom. The van der Waals surface area contributed by atoms with Crippen LogP contribution in [0.1, 0.15) is 40.7 Å². The number of anilines is 1. The standard InChI is InChI=1S/C28H31N3O3/c1-21-7-8-23(17-26(21)30-19-22-9-13-29-14-10-22)27(32)31-15-11-28(12-16-31)18-25(20-33-28)34-24-5-3-2-4-6-24/h2-10,13-14,17,25,30H,11-12,15-16,18-20H2,1H3/t25-/m1/s1. The third-order valence-corrected chi connectivity index (χ3v) is 6.90. The molecule has 2 aliphatic heterocycles. The molecule has 0 bridgehead atoms. The van der Waals surface area contributed by atoms with Gasteiger partial charge < -0.3 is 19.7 Å². The van der Waals surface area contributed by atoms with Gasteiger partial charge in [-0.1, -0.05) is 24.3 Å². The molecular weight excluding hydrogens is 426 g/mol. The lowest BCUT2D eigenvalue weighted by atomic mass is 9.87. The maximum Gasteiger partial charge on any atom is 0.253 e. The Hall–Kier alpha value is -3.38. The fourth-order valence-corrected chi connectivity index (χ4v) is 4.86. The van der Waals surface area contributed by atoms with Gasteiger partial charge in [-0.3, -0.25) is 9.78 Å². The van der Waals surface area contributed by atoms with Gasteiger partial charge in [-0.25, -0.2) is 0 Å². The Morgan fingerprint density at radius 3 is 2.65 bits per heavy atom. The minimum absolute atomic E-state index is 0.0655. The molecule has 2 fully saturated rings. The van der Waals surface area contributed by atoms with Crippen molar-refractivity contribution in [3.05, 3.63) is 89.7 Å². The minimum Gasteiger partial charge on any atom is -0.488 e. The maximum absolute atomic E-state index is 13.3. The van der Waals surface area contributed by atoms with Gasteiger partial charge in [0.1, 0.15) is 11.9 Å². The number of ether oxygens (including phenoxy) is 2. The average Bonchev–Trinajstić information content (AvgIpc) is 3.26. The second-order valence-corrected chi connectivity index (χ2v) is 9.28. The molecule has 1 aromatic heterocycles. The summed E-state index contributed by atoms with van der Waals surface area (Å²) < 4.78 is 12.3. The van der Waals surface area contributed by atoms with E-state index in [0.717, 1.165) is 47.4 Å². The van der Waals surface area contributed by atoms with E-state index in [-0.39, 0.29) is 17.6 Å². The molecular formula is C28H31N3O3. The molecule has 6 heteroatoms. The van der Waals surface area contributed by atoms with Crippen molar-refractivity contribution in [1.82, 2.24) is 9.88 Å². The Kier molecular flexibility index (Phi) is 6.50. The van der Waals surface area contributed by atoms with Crippen LogP contribution in [0.2, 0.25) is 0 Å². The molecule has 0 unspecified atom stereocenters. The van der Waals surface area contributed by atoms with Crippen LogP contribution in [0, 0.1) is 6.92 Å². The molecule has 2 aliphatic rings. The van der Waals surface area contributed by atoms with E-state index in [1.54, 1.807) is 12.4 Å². The summed E-state index contributed by atoms with van der Waals surface area (Å²) >= 11 is 0. The molecule has 3 heterocycles. The number of carbonyl (C=O) groups is 1. The van der Waals surface area contributed by atoms with Gasteiger partial charge in [0.05, 0.1) is 12.2 Å². The monoisotopic (exact) mass is 457 g/mol. The number of rotatable bonds is 6. The van der Waals surface area contributed by atoms with Crippen LogP contribution < -0.4 is 10.1 Å². The molecule has 1 amide bonds. The van der Waals surface area contributed by atoms with E-state index in [0.29, 0.717) is 26.2 Å². The summed E-state index contributed by atoms with van der Waals surface area (Å²) in [4.78, 5) is 19.3. The molecule has 34 heavy (non-hydrogen) atoms.